The molecule has 11 nitrogen and oxygen atoms in total. The molecule has 6 heterocycles. The van der Waals surface area contributed by atoms with Crippen LogP contribution in [0.5, 0.6) is 0 Å². The molecule has 2 aliphatic rings. The van der Waals surface area contributed by atoms with Gasteiger partial charge in [0.25, 0.3) is 0 Å². The van der Waals surface area contributed by atoms with Gasteiger partial charge in [0.15, 0.2) is 0 Å². The lowest BCUT2D eigenvalue weighted by Crippen LogP contribution is -2.50. The fraction of sp³-hybridized carbons (Fsp3) is 0.407. The van der Waals surface area contributed by atoms with Crippen LogP contribution in [0.2, 0.25) is 0 Å². The van der Waals surface area contributed by atoms with E-state index in [-0.39, 0.29) is 5.91 Å². The van der Waals surface area contributed by atoms with E-state index in [0.717, 1.165) is 43.0 Å². The maximum Gasteiger partial charge on any atom is 0.224 e. The monoisotopic (exact) mass is 510 g/mol. The molecular weight excluding hydrogens is 480 g/mol. The molecule has 4 aromatic heterocycles. The second kappa shape index (κ2) is 9.87. The van der Waals surface area contributed by atoms with Gasteiger partial charge >= 0.3 is 0 Å². The molecule has 0 bridgehead atoms. The van der Waals surface area contributed by atoms with Gasteiger partial charge in [0.2, 0.25) is 5.91 Å². The molecule has 194 valence electrons. The Balaban J connectivity index is 1.20. The summed E-state index contributed by atoms with van der Waals surface area (Å²) in [4.78, 5) is 29.0. The molecule has 0 saturated carbocycles. The lowest BCUT2D eigenvalue weighted by Gasteiger charge is -2.36. The number of aryl methyl sites for hydroxylation is 1. The number of carbonyl (C=O) groups is 1. The third-order valence-corrected chi connectivity index (χ3v) is 7.68. The van der Waals surface area contributed by atoms with Crippen molar-refractivity contribution >= 4 is 17.2 Å². The Hall–Kier alpha value is -4.30. The molecule has 1 atom stereocenters. The van der Waals surface area contributed by atoms with Gasteiger partial charge in [-0.1, -0.05) is 0 Å². The molecule has 4 aromatic rings. The van der Waals surface area contributed by atoms with Gasteiger partial charge in [-0.05, 0) is 38.6 Å². The summed E-state index contributed by atoms with van der Waals surface area (Å²) in [5.41, 5.74) is 4.12. The smallest absolute Gasteiger partial charge is 0.224 e. The molecule has 38 heavy (non-hydrogen) atoms. The number of hydrogen-bond donors (Lipinski definition) is 0. The van der Waals surface area contributed by atoms with Crippen LogP contribution >= 0.6 is 0 Å². The van der Waals surface area contributed by atoms with Gasteiger partial charge in [-0.15, -0.1) is 0 Å². The molecule has 1 unspecified atom stereocenters. The maximum absolute atomic E-state index is 12.8. The summed E-state index contributed by atoms with van der Waals surface area (Å²) in [6.07, 6.45) is 11.7. The zero-order valence-electron chi connectivity index (χ0n) is 21.7. The Kier molecular flexibility index (Phi) is 6.25. The third kappa shape index (κ3) is 4.48. The number of pyridine rings is 1. The zero-order chi connectivity index (χ0) is 26.2. The van der Waals surface area contributed by atoms with E-state index < -0.39 is 0 Å². The first-order valence-electron chi connectivity index (χ1n) is 13.0. The van der Waals surface area contributed by atoms with Crippen molar-refractivity contribution in [2.75, 3.05) is 44.7 Å². The minimum atomic E-state index is 0.254. The molecule has 6 rings (SSSR count). The van der Waals surface area contributed by atoms with Crippen LogP contribution in [0, 0.1) is 11.3 Å². The van der Waals surface area contributed by atoms with Gasteiger partial charge in [0.05, 0.1) is 30.0 Å². The van der Waals surface area contributed by atoms with Crippen LogP contribution in [0.3, 0.4) is 0 Å². The summed E-state index contributed by atoms with van der Waals surface area (Å²) in [6.45, 7) is 3.99. The Morgan fingerprint density at radius 1 is 1.03 bits per heavy atom. The van der Waals surface area contributed by atoms with Gasteiger partial charge in [-0.3, -0.25) is 9.48 Å². The van der Waals surface area contributed by atoms with E-state index in [0.29, 0.717) is 48.0 Å². The van der Waals surface area contributed by atoms with E-state index in [9.17, 15) is 10.1 Å². The highest BCUT2D eigenvalue weighted by molar-refractivity contribution is 5.83. The fourth-order valence-electron chi connectivity index (χ4n) is 5.46. The van der Waals surface area contributed by atoms with Crippen LogP contribution in [0.1, 0.15) is 24.8 Å². The number of fused-ring (bicyclic) bond motifs is 1. The number of nitriles is 1. The molecule has 0 radical (unpaired) electrons. The molecule has 0 N–H and O–H groups in total. The minimum Gasteiger partial charge on any atom is -0.353 e. The van der Waals surface area contributed by atoms with Crippen molar-refractivity contribution in [3.63, 3.8) is 0 Å². The van der Waals surface area contributed by atoms with E-state index in [4.69, 9.17) is 9.97 Å². The highest BCUT2D eigenvalue weighted by Crippen LogP contribution is 2.29. The first-order valence-corrected chi connectivity index (χ1v) is 13.0. The second-order valence-electron chi connectivity index (χ2n) is 10.1. The number of aromatic nitrogens is 6. The summed E-state index contributed by atoms with van der Waals surface area (Å²) in [6, 6.07) is 6.57. The van der Waals surface area contributed by atoms with Gasteiger partial charge in [0.1, 0.15) is 23.0 Å². The summed E-state index contributed by atoms with van der Waals surface area (Å²) >= 11 is 0. The van der Waals surface area contributed by atoms with E-state index in [1.165, 1.54) is 6.42 Å². The number of amides is 1. The number of nitrogens with zero attached hydrogens (tertiary/aromatic N) is 10. The Morgan fingerprint density at radius 3 is 2.53 bits per heavy atom. The Labute approximate surface area is 220 Å². The van der Waals surface area contributed by atoms with Crippen LogP contribution < -0.4 is 4.90 Å². The lowest BCUT2D eigenvalue weighted by atomic mass is 10.1. The largest absolute Gasteiger partial charge is 0.353 e. The number of carbonyl (C=O) groups excluding carboxylic acids is 1. The average Bonchev–Trinajstić information content (AvgIpc) is 3.68. The number of likely N-dealkylation sites (tertiary alicyclic amines) is 1. The van der Waals surface area contributed by atoms with Crippen LogP contribution in [-0.2, 0) is 11.8 Å². The predicted molar refractivity (Wildman–Crippen MR) is 142 cm³/mol. The normalized spacial score (nSPS) is 18.3. The lowest BCUT2D eigenvalue weighted by molar-refractivity contribution is -0.132. The zero-order valence-corrected chi connectivity index (χ0v) is 21.7. The number of piperazine rings is 1. The van der Waals surface area contributed by atoms with Gasteiger partial charge < -0.3 is 14.7 Å². The summed E-state index contributed by atoms with van der Waals surface area (Å²) < 4.78 is 3.41. The minimum absolute atomic E-state index is 0.254. The van der Waals surface area contributed by atoms with Crippen molar-refractivity contribution < 1.29 is 4.79 Å². The Bertz CT molecular complexity index is 1510. The van der Waals surface area contributed by atoms with Crippen molar-refractivity contribution in [3.8, 4) is 28.6 Å². The van der Waals surface area contributed by atoms with Crippen molar-refractivity contribution in [1.82, 2.24) is 39.2 Å². The highest BCUT2D eigenvalue weighted by atomic mass is 16.2. The molecule has 2 aliphatic heterocycles. The number of anilines is 1. The number of rotatable bonds is 5. The van der Waals surface area contributed by atoms with Crippen LogP contribution in [0.15, 0.2) is 43.1 Å². The molecule has 2 saturated heterocycles. The van der Waals surface area contributed by atoms with Crippen molar-refractivity contribution in [3.05, 3.63) is 48.7 Å². The molecule has 0 aliphatic carbocycles. The summed E-state index contributed by atoms with van der Waals surface area (Å²) in [7, 11) is 3.97. The highest BCUT2D eigenvalue weighted by Gasteiger charge is 2.28. The van der Waals surface area contributed by atoms with Crippen molar-refractivity contribution in [2.45, 2.75) is 25.3 Å². The molecule has 11 heteroatoms. The molecular formula is C27H30N10O. The van der Waals surface area contributed by atoms with Gasteiger partial charge in [-0.2, -0.15) is 15.5 Å². The quantitative estimate of drug-likeness (QED) is 0.402. The standard InChI is InChI=1S/C27H30N10O/c1-33-7-3-4-22(33)12-25(38)36-10-8-35(9-11-36)24-6-5-19(14-29-24)26-27-20(13-28)15-31-37(27)18-23(32-26)21-16-30-34(2)17-21/h5-6,14-18,22H,3-4,7-12H2,1-2H3. The summed E-state index contributed by atoms with van der Waals surface area (Å²) in [5.74, 6) is 1.12. The van der Waals surface area contributed by atoms with E-state index in [1.54, 1.807) is 27.8 Å². The van der Waals surface area contributed by atoms with Crippen LogP contribution in [0.4, 0.5) is 5.82 Å². The second-order valence-corrected chi connectivity index (χ2v) is 10.1. The van der Waals surface area contributed by atoms with E-state index in [2.05, 4.69) is 33.1 Å². The number of hydrogen-bond acceptors (Lipinski definition) is 8. The topological polar surface area (TPSA) is 111 Å². The molecule has 2 fully saturated rings. The van der Waals surface area contributed by atoms with Gasteiger partial charge in [0, 0.05) is 69.2 Å². The first kappa shape index (κ1) is 24.1. The molecule has 0 spiro atoms. The van der Waals surface area contributed by atoms with Crippen molar-refractivity contribution in [2.24, 2.45) is 7.05 Å². The van der Waals surface area contributed by atoms with E-state index >= 15 is 0 Å². The SMILES string of the molecule is CN1CCCC1CC(=O)N1CCN(c2ccc(-c3nc(-c4cnn(C)c4)cn4ncc(C#N)c34)cn2)CC1. The maximum atomic E-state index is 12.8. The van der Waals surface area contributed by atoms with Crippen LogP contribution in [0.25, 0.3) is 28.0 Å². The van der Waals surface area contributed by atoms with Gasteiger partial charge in [-0.25, -0.2) is 14.5 Å². The molecule has 1 amide bonds. The van der Waals surface area contributed by atoms with Crippen molar-refractivity contribution in [1.29, 1.82) is 5.26 Å². The third-order valence-electron chi connectivity index (χ3n) is 7.68. The average molecular weight is 511 g/mol. The Morgan fingerprint density at radius 2 is 1.87 bits per heavy atom. The van der Waals surface area contributed by atoms with Crippen LogP contribution in [-0.4, -0.2) is 90.9 Å². The predicted octanol–water partition coefficient (Wildman–Crippen LogP) is 2.20. The molecule has 0 aromatic carbocycles. The van der Waals surface area contributed by atoms with E-state index in [1.807, 2.05) is 36.5 Å². The summed E-state index contributed by atoms with van der Waals surface area (Å²) in [5, 5.41) is 18.3. The fourth-order valence-corrected chi connectivity index (χ4v) is 5.46. The first-order chi connectivity index (χ1) is 18.5.